The third-order valence-electron chi connectivity index (χ3n) is 2.53. The molecule has 0 unspecified atom stereocenters. The third kappa shape index (κ3) is 2.82. The van der Waals surface area contributed by atoms with E-state index in [4.69, 9.17) is 4.74 Å². The summed E-state index contributed by atoms with van der Waals surface area (Å²) in [7, 11) is 1.70. The lowest BCUT2D eigenvalue weighted by molar-refractivity contribution is 0.0474. The summed E-state index contributed by atoms with van der Waals surface area (Å²) >= 11 is 1.18. The number of ether oxygens (including phenoxy) is 1. The number of carbonyl (C=O) groups is 2. The summed E-state index contributed by atoms with van der Waals surface area (Å²) in [5, 5.41) is 3.51. The number of carbonyl (C=O) groups excluding carboxylic acids is 2. The predicted octanol–water partition coefficient (Wildman–Crippen LogP) is 1.86. The Hall–Kier alpha value is -2.15. The maximum Gasteiger partial charge on any atom is 0.343 e. The van der Waals surface area contributed by atoms with Crippen LogP contribution in [0.4, 0.5) is 5.00 Å². The van der Waals surface area contributed by atoms with Crippen LogP contribution in [0.1, 0.15) is 26.5 Å². The average molecular weight is 279 g/mol. The highest BCUT2D eigenvalue weighted by Crippen LogP contribution is 2.24. The van der Waals surface area contributed by atoms with Crippen molar-refractivity contribution in [3.8, 4) is 0 Å². The first-order valence-corrected chi connectivity index (χ1v) is 6.38. The van der Waals surface area contributed by atoms with Crippen molar-refractivity contribution >= 4 is 28.3 Å². The van der Waals surface area contributed by atoms with E-state index < -0.39 is 5.97 Å². The molecule has 19 heavy (non-hydrogen) atoms. The lowest BCUT2D eigenvalue weighted by Crippen LogP contribution is -2.15. The number of H-pyrrole nitrogens is 1. The Morgan fingerprint density at radius 1 is 1.53 bits per heavy atom. The molecule has 0 amide bonds. The smallest absolute Gasteiger partial charge is 0.343 e. The summed E-state index contributed by atoms with van der Waals surface area (Å²) in [5.74, 6) is -0.819. The molecule has 2 aromatic rings. The van der Waals surface area contributed by atoms with Gasteiger partial charge in [-0.15, -0.1) is 0 Å². The summed E-state index contributed by atoms with van der Waals surface area (Å²) < 4.78 is 9.09. The molecule has 0 fully saturated rings. The van der Waals surface area contributed by atoms with Crippen LogP contribution in [0.3, 0.4) is 0 Å². The van der Waals surface area contributed by atoms with Gasteiger partial charge in [0.1, 0.15) is 10.6 Å². The van der Waals surface area contributed by atoms with Crippen LogP contribution < -0.4 is 5.32 Å². The van der Waals surface area contributed by atoms with Gasteiger partial charge in [-0.05, 0) is 30.6 Å². The van der Waals surface area contributed by atoms with Gasteiger partial charge in [0, 0.05) is 13.2 Å². The third-order valence-corrected chi connectivity index (χ3v) is 3.48. The molecule has 0 aliphatic carbocycles. The molecule has 0 saturated heterocycles. The van der Waals surface area contributed by atoms with Crippen molar-refractivity contribution in [2.24, 2.45) is 0 Å². The van der Waals surface area contributed by atoms with E-state index in [1.807, 2.05) is 0 Å². The zero-order chi connectivity index (χ0) is 13.8. The lowest BCUT2D eigenvalue weighted by Gasteiger charge is -2.04. The van der Waals surface area contributed by atoms with Gasteiger partial charge in [-0.1, -0.05) is 0 Å². The number of hydrogen-bond acceptors (Lipinski definition) is 6. The van der Waals surface area contributed by atoms with Crippen LogP contribution in [0.5, 0.6) is 0 Å². The van der Waals surface area contributed by atoms with Crippen molar-refractivity contribution in [1.82, 2.24) is 9.36 Å². The molecule has 2 rings (SSSR count). The fourth-order valence-corrected chi connectivity index (χ4v) is 2.30. The highest BCUT2D eigenvalue weighted by Gasteiger charge is 2.20. The number of aromatic nitrogens is 2. The highest BCUT2D eigenvalue weighted by molar-refractivity contribution is 7.10. The van der Waals surface area contributed by atoms with Gasteiger partial charge in [0.2, 0.25) is 5.78 Å². The van der Waals surface area contributed by atoms with Crippen molar-refractivity contribution < 1.29 is 14.3 Å². The van der Waals surface area contributed by atoms with E-state index in [0.717, 1.165) is 0 Å². The summed E-state index contributed by atoms with van der Waals surface area (Å²) in [6.07, 6.45) is 1.64. The summed E-state index contributed by atoms with van der Waals surface area (Å²) in [4.78, 5) is 26.4. The summed E-state index contributed by atoms with van der Waals surface area (Å²) in [5.41, 5.74) is 1.39. The van der Waals surface area contributed by atoms with Gasteiger partial charge in [0.15, 0.2) is 6.61 Å². The molecule has 100 valence electrons. The first-order chi connectivity index (χ1) is 9.13. The molecule has 0 bridgehead atoms. The quantitative estimate of drug-likeness (QED) is 0.644. The van der Waals surface area contributed by atoms with Gasteiger partial charge in [0.25, 0.3) is 0 Å². The Kier molecular flexibility index (Phi) is 3.96. The van der Waals surface area contributed by atoms with E-state index in [2.05, 4.69) is 14.7 Å². The number of rotatable bonds is 5. The molecule has 2 N–H and O–H groups in total. The predicted molar refractivity (Wildman–Crippen MR) is 71.8 cm³/mol. The minimum Gasteiger partial charge on any atom is -0.453 e. The van der Waals surface area contributed by atoms with Crippen molar-refractivity contribution in [2.75, 3.05) is 19.0 Å². The Morgan fingerprint density at radius 2 is 2.32 bits per heavy atom. The molecule has 2 aromatic heterocycles. The number of aryl methyl sites for hydroxylation is 1. The van der Waals surface area contributed by atoms with Crippen molar-refractivity contribution in [3.05, 3.63) is 35.3 Å². The molecular formula is C12H13N3O3S. The monoisotopic (exact) mass is 279 g/mol. The molecule has 0 saturated carbocycles. The van der Waals surface area contributed by atoms with Gasteiger partial charge in [-0.2, -0.15) is 4.37 Å². The van der Waals surface area contributed by atoms with Gasteiger partial charge in [-0.3, -0.25) is 4.79 Å². The zero-order valence-corrected chi connectivity index (χ0v) is 11.3. The fourth-order valence-electron chi connectivity index (χ4n) is 1.57. The molecule has 0 aromatic carbocycles. The Balaban J connectivity index is 2.02. The second-order valence-electron chi connectivity index (χ2n) is 3.81. The molecule has 6 nitrogen and oxygen atoms in total. The van der Waals surface area contributed by atoms with Crippen LogP contribution in [0.25, 0.3) is 0 Å². The van der Waals surface area contributed by atoms with Crippen molar-refractivity contribution in [3.63, 3.8) is 0 Å². The Morgan fingerprint density at radius 3 is 2.95 bits per heavy atom. The first kappa shape index (κ1) is 13.3. The van der Waals surface area contributed by atoms with E-state index in [1.54, 1.807) is 32.3 Å². The largest absolute Gasteiger partial charge is 0.453 e. The van der Waals surface area contributed by atoms with Crippen molar-refractivity contribution in [2.45, 2.75) is 6.92 Å². The molecule has 0 aliphatic rings. The van der Waals surface area contributed by atoms with Gasteiger partial charge >= 0.3 is 5.97 Å². The van der Waals surface area contributed by atoms with E-state index >= 15 is 0 Å². The zero-order valence-electron chi connectivity index (χ0n) is 10.5. The van der Waals surface area contributed by atoms with E-state index in [0.29, 0.717) is 22.0 Å². The number of nitrogens with one attached hydrogen (secondary N) is 2. The molecule has 0 spiro atoms. The topological polar surface area (TPSA) is 84.1 Å². The number of esters is 1. The number of hydrogen-bond donors (Lipinski definition) is 2. The minimum absolute atomic E-state index is 0.273. The molecule has 0 aliphatic heterocycles. The van der Waals surface area contributed by atoms with Crippen LogP contribution in [-0.4, -0.2) is 34.8 Å². The molecular weight excluding hydrogens is 266 g/mol. The summed E-state index contributed by atoms with van der Waals surface area (Å²) in [6.45, 7) is 1.43. The van der Waals surface area contributed by atoms with E-state index in [-0.39, 0.29) is 12.4 Å². The van der Waals surface area contributed by atoms with Crippen LogP contribution >= 0.6 is 11.5 Å². The highest BCUT2D eigenvalue weighted by atomic mass is 32.1. The van der Waals surface area contributed by atoms with Crippen LogP contribution in [0, 0.1) is 6.92 Å². The van der Waals surface area contributed by atoms with Crippen molar-refractivity contribution in [1.29, 1.82) is 0 Å². The second-order valence-corrected chi connectivity index (χ2v) is 4.58. The van der Waals surface area contributed by atoms with E-state index in [9.17, 15) is 9.59 Å². The number of ketones is 1. The maximum absolute atomic E-state index is 11.9. The minimum atomic E-state index is -0.546. The summed E-state index contributed by atoms with van der Waals surface area (Å²) in [6, 6.07) is 3.34. The average Bonchev–Trinajstić information content (AvgIpc) is 3.04. The number of aromatic amines is 1. The Bertz CT molecular complexity index is 589. The Labute approximate surface area is 114 Å². The molecule has 7 heteroatoms. The molecule has 0 radical (unpaired) electrons. The second kappa shape index (κ2) is 5.66. The fraction of sp³-hybridized carbons (Fsp3) is 0.250. The molecule has 0 atom stereocenters. The first-order valence-electron chi connectivity index (χ1n) is 5.61. The number of nitrogens with zero attached hydrogens (tertiary/aromatic N) is 1. The number of anilines is 1. The maximum atomic E-state index is 11.9. The number of Topliss-reactive ketones (excluding diaryl/α,β-unsaturated/α-hetero) is 1. The van der Waals surface area contributed by atoms with Gasteiger partial charge in [0.05, 0.1) is 11.4 Å². The van der Waals surface area contributed by atoms with Crippen LogP contribution in [-0.2, 0) is 4.74 Å². The van der Waals surface area contributed by atoms with Crippen LogP contribution in [0.15, 0.2) is 18.3 Å². The SMILES string of the molecule is CNc1snc(C)c1C(=O)OCC(=O)c1ccc[nH]1. The molecule has 2 heterocycles. The normalized spacial score (nSPS) is 10.2. The lowest BCUT2D eigenvalue weighted by atomic mass is 10.2. The van der Waals surface area contributed by atoms with Gasteiger partial charge < -0.3 is 15.0 Å². The van der Waals surface area contributed by atoms with Gasteiger partial charge in [-0.25, -0.2) is 4.79 Å². The van der Waals surface area contributed by atoms with E-state index in [1.165, 1.54) is 11.5 Å². The van der Waals surface area contributed by atoms with Crippen LogP contribution in [0.2, 0.25) is 0 Å². The standard InChI is InChI=1S/C12H13N3O3S/c1-7-10(11(13-2)19-15-7)12(17)18-6-9(16)8-4-3-5-14-8/h3-5,13-14H,6H2,1-2H3.